The van der Waals surface area contributed by atoms with Crippen molar-refractivity contribution < 1.29 is 32.3 Å². The number of hydrogen-bond donors (Lipinski definition) is 3. The van der Waals surface area contributed by atoms with Crippen LogP contribution in [0.1, 0.15) is 36.1 Å². The number of H-pyrrole nitrogens is 1. The summed E-state index contributed by atoms with van der Waals surface area (Å²) in [6.07, 6.45) is -3.07. The Bertz CT molecular complexity index is 1730. The largest absolute Gasteiger partial charge is 0.490 e. The van der Waals surface area contributed by atoms with E-state index < -0.39 is 17.4 Å². The molecule has 1 atom stereocenters. The van der Waals surface area contributed by atoms with E-state index in [2.05, 4.69) is 15.5 Å². The van der Waals surface area contributed by atoms with Gasteiger partial charge in [-0.3, -0.25) is 9.89 Å². The average molecular weight is 618 g/mol. The number of nitrogens with zero attached hydrogens (tertiary/aromatic N) is 5. The molecule has 0 fully saturated rings. The molecule has 3 N–H and O–H groups in total. The summed E-state index contributed by atoms with van der Waals surface area (Å²) in [7, 11) is 0. The van der Waals surface area contributed by atoms with Gasteiger partial charge in [-0.15, -0.1) is 5.10 Å². The summed E-state index contributed by atoms with van der Waals surface area (Å²) in [6, 6.07) is 13.5. The summed E-state index contributed by atoms with van der Waals surface area (Å²) in [6.45, 7) is 5.95. The first-order valence-corrected chi connectivity index (χ1v) is 13.9. The molecule has 0 bridgehead atoms. The molecule has 0 saturated heterocycles. The zero-order valence-electron chi connectivity index (χ0n) is 23.2. The number of carbonyl (C=O) groups excluding carboxylic acids is 1. The molecule has 10 nitrogen and oxygen atoms in total. The number of aromatic nitrogens is 6. The molecule has 5 aromatic rings. The van der Waals surface area contributed by atoms with Crippen LogP contribution < -0.4 is 5.32 Å². The Balaban J connectivity index is 0.000000541. The summed E-state index contributed by atoms with van der Waals surface area (Å²) in [4.78, 5) is 31.6. The number of alkyl halides is 3. The first kappa shape index (κ1) is 31.4. The van der Waals surface area contributed by atoms with Crippen LogP contribution in [0.3, 0.4) is 0 Å². The van der Waals surface area contributed by atoms with Gasteiger partial charge in [0.15, 0.2) is 16.6 Å². The van der Waals surface area contributed by atoms with Gasteiger partial charge in [0.2, 0.25) is 5.91 Å². The molecule has 0 aliphatic rings. The molecule has 5 rings (SSSR count). The second-order valence-electron chi connectivity index (χ2n) is 9.40. The van der Waals surface area contributed by atoms with E-state index >= 15 is 0 Å². The lowest BCUT2D eigenvalue weighted by molar-refractivity contribution is -0.192. The highest BCUT2D eigenvalue weighted by Gasteiger charge is 2.38. The maximum absolute atomic E-state index is 13.2. The van der Waals surface area contributed by atoms with E-state index in [0.29, 0.717) is 35.2 Å². The summed E-state index contributed by atoms with van der Waals surface area (Å²) >= 11 is 1.35. The van der Waals surface area contributed by atoms with Crippen LogP contribution in [0.25, 0.3) is 16.6 Å². The number of amides is 1. The van der Waals surface area contributed by atoms with E-state index in [1.807, 2.05) is 45.0 Å². The predicted molar refractivity (Wildman–Crippen MR) is 152 cm³/mol. The highest BCUT2D eigenvalue weighted by atomic mass is 32.2. The molecule has 0 saturated carbocycles. The maximum Gasteiger partial charge on any atom is 0.490 e. The van der Waals surface area contributed by atoms with E-state index in [0.717, 1.165) is 28.7 Å². The predicted octanol–water partition coefficient (Wildman–Crippen LogP) is 5.68. The van der Waals surface area contributed by atoms with E-state index in [1.54, 1.807) is 16.6 Å². The number of nitrogens with one attached hydrogen (secondary N) is 2. The minimum Gasteiger partial charge on any atom is -0.475 e. The van der Waals surface area contributed by atoms with Crippen molar-refractivity contribution >= 4 is 45.9 Å². The molecular formula is C28H27F4N7O3S. The third-order valence-corrected chi connectivity index (χ3v) is 7.64. The molecule has 0 aliphatic heterocycles. The lowest BCUT2D eigenvalue weighted by Gasteiger charge is -2.15. The highest BCUT2D eigenvalue weighted by Crippen LogP contribution is 2.29. The Labute approximate surface area is 246 Å². The zero-order valence-corrected chi connectivity index (χ0v) is 24.1. The molecule has 2 aromatic carbocycles. The van der Waals surface area contributed by atoms with Gasteiger partial charge in [0.1, 0.15) is 5.82 Å². The number of carboxylic acid groups (broad SMARTS) is 1. The number of aromatic amines is 1. The molecule has 1 amide bonds. The van der Waals surface area contributed by atoms with Gasteiger partial charge >= 0.3 is 12.1 Å². The first-order valence-electron chi connectivity index (χ1n) is 13.0. The molecule has 1 unspecified atom stereocenters. The van der Waals surface area contributed by atoms with Crippen LogP contribution in [-0.4, -0.2) is 58.2 Å². The summed E-state index contributed by atoms with van der Waals surface area (Å²) < 4.78 is 46.7. The van der Waals surface area contributed by atoms with Gasteiger partial charge in [-0.25, -0.2) is 19.2 Å². The lowest BCUT2D eigenvalue weighted by atomic mass is 10.1. The number of carbonyl (C=O) groups is 2. The number of benzene rings is 2. The SMILES string of the molecule is CCC(Sc1nc2ccccc2c2nc(CCc3c(C)n[nH]c3C)nn12)C(=O)Nc1ccc(F)cc1.O=C(O)C(F)(F)F. The minimum absolute atomic E-state index is 0.177. The minimum atomic E-state index is -5.08. The van der Waals surface area contributed by atoms with E-state index in [1.165, 1.54) is 29.5 Å². The number of aliphatic carboxylic acids is 1. The van der Waals surface area contributed by atoms with Gasteiger partial charge in [-0.2, -0.15) is 22.8 Å². The Morgan fingerprint density at radius 1 is 1.07 bits per heavy atom. The quantitative estimate of drug-likeness (QED) is 0.115. The van der Waals surface area contributed by atoms with Gasteiger partial charge in [-0.1, -0.05) is 30.8 Å². The Morgan fingerprint density at radius 2 is 1.74 bits per heavy atom. The van der Waals surface area contributed by atoms with Crippen LogP contribution in [0.5, 0.6) is 0 Å². The number of rotatable bonds is 8. The number of aryl methyl sites for hydroxylation is 3. The van der Waals surface area contributed by atoms with Crippen molar-refractivity contribution in [3.05, 3.63) is 77.1 Å². The van der Waals surface area contributed by atoms with E-state index in [4.69, 9.17) is 25.0 Å². The molecule has 0 spiro atoms. The number of halogens is 4. The molecule has 15 heteroatoms. The first-order chi connectivity index (χ1) is 20.4. The van der Waals surface area contributed by atoms with Crippen LogP contribution in [0.2, 0.25) is 0 Å². The third kappa shape index (κ3) is 7.66. The fourth-order valence-corrected chi connectivity index (χ4v) is 5.11. The number of carboxylic acids is 1. The van der Waals surface area contributed by atoms with Gasteiger partial charge in [-0.05, 0) is 68.7 Å². The van der Waals surface area contributed by atoms with Crippen molar-refractivity contribution in [3.8, 4) is 0 Å². The van der Waals surface area contributed by atoms with Crippen molar-refractivity contribution in [3.63, 3.8) is 0 Å². The fourth-order valence-electron chi connectivity index (χ4n) is 4.14. The Kier molecular flexibility index (Phi) is 9.63. The van der Waals surface area contributed by atoms with Crippen LogP contribution in [-0.2, 0) is 22.4 Å². The second-order valence-corrected chi connectivity index (χ2v) is 10.6. The van der Waals surface area contributed by atoms with E-state index in [-0.39, 0.29) is 11.7 Å². The smallest absolute Gasteiger partial charge is 0.475 e. The van der Waals surface area contributed by atoms with Crippen molar-refractivity contribution in [2.75, 3.05) is 5.32 Å². The molecular weight excluding hydrogens is 590 g/mol. The topological polar surface area (TPSA) is 138 Å². The number of para-hydroxylation sites is 1. The number of anilines is 1. The summed E-state index contributed by atoms with van der Waals surface area (Å²) in [5.74, 6) is -2.58. The second kappa shape index (κ2) is 13.2. The molecule has 3 heterocycles. The van der Waals surface area contributed by atoms with Gasteiger partial charge in [0.25, 0.3) is 0 Å². The average Bonchev–Trinajstić information content (AvgIpc) is 3.54. The molecule has 3 aromatic heterocycles. The Hall–Kier alpha value is -4.53. The van der Waals surface area contributed by atoms with Crippen LogP contribution >= 0.6 is 11.8 Å². The van der Waals surface area contributed by atoms with Crippen LogP contribution in [0, 0.1) is 19.7 Å². The molecule has 43 heavy (non-hydrogen) atoms. The van der Waals surface area contributed by atoms with Crippen LogP contribution in [0.4, 0.5) is 23.2 Å². The standard InChI is InChI=1S/C26H26FN7OS.C2HF3O2/c1-4-22(25(35)28-18-11-9-17(27)10-12-18)36-26-29-21-8-6-5-7-20(21)24-30-23(33-34(24)26)14-13-19-15(2)31-32-16(19)3;3-2(4,5)1(6)7/h5-12,22H,4,13-14H2,1-3H3,(H,28,35)(H,31,32);(H,6,7). The molecule has 0 radical (unpaired) electrons. The van der Waals surface area contributed by atoms with Gasteiger partial charge in [0.05, 0.1) is 16.5 Å². The van der Waals surface area contributed by atoms with Gasteiger partial charge < -0.3 is 10.4 Å². The Morgan fingerprint density at radius 3 is 2.35 bits per heavy atom. The number of fused-ring (bicyclic) bond motifs is 3. The summed E-state index contributed by atoms with van der Waals surface area (Å²) in [5, 5.41) is 23.2. The monoisotopic (exact) mass is 617 g/mol. The van der Waals surface area contributed by atoms with Crippen molar-refractivity contribution in [1.82, 2.24) is 29.8 Å². The highest BCUT2D eigenvalue weighted by molar-refractivity contribution is 8.00. The zero-order chi connectivity index (χ0) is 31.3. The molecule has 0 aliphatic carbocycles. The van der Waals surface area contributed by atoms with Crippen LogP contribution in [0.15, 0.2) is 53.7 Å². The van der Waals surface area contributed by atoms with Crippen molar-refractivity contribution in [2.24, 2.45) is 0 Å². The van der Waals surface area contributed by atoms with E-state index in [9.17, 15) is 22.4 Å². The number of hydrogen-bond acceptors (Lipinski definition) is 7. The van der Waals surface area contributed by atoms with Gasteiger partial charge in [0, 0.05) is 23.2 Å². The third-order valence-electron chi connectivity index (χ3n) is 6.34. The maximum atomic E-state index is 13.2. The molecule has 226 valence electrons. The fraction of sp³-hybridized carbons (Fsp3) is 0.286. The van der Waals surface area contributed by atoms with Crippen molar-refractivity contribution in [2.45, 2.75) is 56.6 Å². The number of thioether (sulfide) groups is 1. The van der Waals surface area contributed by atoms with Crippen molar-refractivity contribution in [1.29, 1.82) is 0 Å². The normalized spacial score (nSPS) is 12.2. The lowest BCUT2D eigenvalue weighted by Crippen LogP contribution is -2.25. The summed E-state index contributed by atoms with van der Waals surface area (Å²) in [5.41, 5.74) is 5.27.